The van der Waals surface area contributed by atoms with E-state index in [1.807, 2.05) is 0 Å². The van der Waals surface area contributed by atoms with Crippen molar-refractivity contribution in [2.75, 3.05) is 19.7 Å². The lowest BCUT2D eigenvalue weighted by Gasteiger charge is -2.41. The number of hydrogen-bond acceptors (Lipinski definition) is 3. The maximum absolute atomic E-state index is 13.9. The fourth-order valence-corrected chi connectivity index (χ4v) is 3.53. The van der Waals surface area contributed by atoms with Crippen molar-refractivity contribution < 1.29 is 27.5 Å². The predicted molar refractivity (Wildman–Crippen MR) is 99.6 cm³/mol. The third-order valence-corrected chi connectivity index (χ3v) is 5.18. The third kappa shape index (κ3) is 5.07. The number of carbonyl (C=O) groups is 2. The Kier molecular flexibility index (Phi) is 6.10. The van der Waals surface area contributed by atoms with Gasteiger partial charge in [-0.15, -0.1) is 0 Å². The molecule has 1 fully saturated rings. The zero-order chi connectivity index (χ0) is 21.0. The second-order valence-electron chi connectivity index (χ2n) is 7.30. The molecule has 0 atom stereocenters. The monoisotopic (exact) mass is 406 g/mol. The van der Waals surface area contributed by atoms with Crippen molar-refractivity contribution in [3.63, 3.8) is 0 Å². The fourth-order valence-electron chi connectivity index (χ4n) is 3.53. The third-order valence-electron chi connectivity index (χ3n) is 5.18. The molecule has 0 unspecified atom stereocenters. The lowest BCUT2D eigenvalue weighted by Crippen LogP contribution is -2.47. The Balaban J connectivity index is 1.67. The van der Waals surface area contributed by atoms with E-state index in [4.69, 9.17) is 10.5 Å². The standard InChI is InChI=1S/C21H21F3N2O3/c22-14-1-4-16(5-2-14)29-13-21(12-19(25)27)7-9-26(10-8-21)20(28)17-6-3-15(23)11-18(17)24/h1-6,11H,7-10,12-13H2,(H2,25,27). The molecule has 0 bridgehead atoms. The second-order valence-corrected chi connectivity index (χ2v) is 7.30. The van der Waals surface area contributed by atoms with Crippen LogP contribution in [-0.2, 0) is 4.79 Å². The van der Waals surface area contributed by atoms with Gasteiger partial charge < -0.3 is 15.4 Å². The number of benzene rings is 2. The molecule has 3 rings (SSSR count). The molecule has 5 nitrogen and oxygen atoms in total. The van der Waals surface area contributed by atoms with Crippen molar-refractivity contribution in [2.24, 2.45) is 11.1 Å². The SMILES string of the molecule is NC(=O)CC1(COc2ccc(F)cc2)CCN(C(=O)c2ccc(F)cc2F)CC1. The first-order chi connectivity index (χ1) is 13.8. The van der Waals surface area contributed by atoms with Crippen LogP contribution in [0.25, 0.3) is 0 Å². The van der Waals surface area contributed by atoms with Crippen LogP contribution in [0.5, 0.6) is 5.75 Å². The predicted octanol–water partition coefficient (Wildman–Crippen LogP) is 3.28. The van der Waals surface area contributed by atoms with Crippen LogP contribution in [0.15, 0.2) is 42.5 Å². The molecule has 154 valence electrons. The van der Waals surface area contributed by atoms with Crippen molar-refractivity contribution in [1.82, 2.24) is 4.90 Å². The molecule has 1 aliphatic rings. The van der Waals surface area contributed by atoms with Crippen LogP contribution < -0.4 is 10.5 Å². The summed E-state index contributed by atoms with van der Waals surface area (Å²) in [7, 11) is 0. The zero-order valence-corrected chi connectivity index (χ0v) is 15.7. The van der Waals surface area contributed by atoms with Gasteiger partial charge in [-0.05, 0) is 49.2 Å². The summed E-state index contributed by atoms with van der Waals surface area (Å²) in [6, 6.07) is 8.35. The van der Waals surface area contributed by atoms with Gasteiger partial charge in [-0.1, -0.05) is 0 Å². The molecule has 0 spiro atoms. The van der Waals surface area contributed by atoms with Crippen LogP contribution in [0.4, 0.5) is 13.2 Å². The first kappa shape index (κ1) is 20.7. The highest BCUT2D eigenvalue weighted by atomic mass is 19.1. The smallest absolute Gasteiger partial charge is 0.256 e. The minimum absolute atomic E-state index is 0.0706. The highest BCUT2D eigenvalue weighted by molar-refractivity contribution is 5.94. The number of ether oxygens (including phenoxy) is 1. The molecule has 29 heavy (non-hydrogen) atoms. The van der Waals surface area contributed by atoms with Gasteiger partial charge in [0.05, 0.1) is 12.2 Å². The van der Waals surface area contributed by atoms with Crippen LogP contribution in [-0.4, -0.2) is 36.4 Å². The summed E-state index contributed by atoms with van der Waals surface area (Å²) in [5, 5.41) is 0. The van der Waals surface area contributed by atoms with E-state index in [1.54, 1.807) is 0 Å². The van der Waals surface area contributed by atoms with Crippen molar-refractivity contribution in [3.8, 4) is 5.75 Å². The average molecular weight is 406 g/mol. The molecule has 2 aromatic carbocycles. The van der Waals surface area contributed by atoms with E-state index in [0.29, 0.717) is 24.7 Å². The molecule has 0 saturated carbocycles. The number of nitrogens with zero attached hydrogens (tertiary/aromatic N) is 1. The van der Waals surface area contributed by atoms with Gasteiger partial charge in [-0.25, -0.2) is 13.2 Å². The minimum Gasteiger partial charge on any atom is -0.493 e. The molecule has 2 N–H and O–H groups in total. The second kappa shape index (κ2) is 8.55. The Labute approximate surface area is 166 Å². The maximum atomic E-state index is 13.9. The number of carbonyl (C=O) groups excluding carboxylic acids is 2. The zero-order valence-electron chi connectivity index (χ0n) is 15.7. The largest absolute Gasteiger partial charge is 0.493 e. The molecular formula is C21H21F3N2O3. The van der Waals surface area contributed by atoms with Gasteiger partial charge in [-0.3, -0.25) is 9.59 Å². The summed E-state index contributed by atoms with van der Waals surface area (Å²) < 4.78 is 45.8. The first-order valence-electron chi connectivity index (χ1n) is 9.19. The Morgan fingerprint density at radius 3 is 2.21 bits per heavy atom. The Morgan fingerprint density at radius 2 is 1.62 bits per heavy atom. The number of rotatable bonds is 6. The average Bonchev–Trinajstić information content (AvgIpc) is 2.67. The van der Waals surface area contributed by atoms with E-state index in [9.17, 15) is 22.8 Å². The van der Waals surface area contributed by atoms with Crippen LogP contribution in [0.3, 0.4) is 0 Å². The first-order valence-corrected chi connectivity index (χ1v) is 9.19. The highest BCUT2D eigenvalue weighted by Crippen LogP contribution is 2.36. The molecule has 2 amide bonds. The number of nitrogens with two attached hydrogens (primary N) is 1. The Hall–Kier alpha value is -3.03. The van der Waals surface area contributed by atoms with Gasteiger partial charge >= 0.3 is 0 Å². The van der Waals surface area contributed by atoms with Gasteiger partial charge in [0.2, 0.25) is 5.91 Å². The molecule has 1 heterocycles. The van der Waals surface area contributed by atoms with E-state index >= 15 is 0 Å². The van der Waals surface area contributed by atoms with E-state index in [2.05, 4.69) is 0 Å². The lowest BCUT2D eigenvalue weighted by molar-refractivity contribution is -0.121. The quantitative estimate of drug-likeness (QED) is 0.800. The topological polar surface area (TPSA) is 72.6 Å². The van der Waals surface area contributed by atoms with Crippen molar-refractivity contribution >= 4 is 11.8 Å². The minimum atomic E-state index is -0.913. The van der Waals surface area contributed by atoms with Crippen molar-refractivity contribution in [2.45, 2.75) is 19.3 Å². The molecule has 1 saturated heterocycles. The summed E-state index contributed by atoms with van der Waals surface area (Å²) in [6.45, 7) is 0.722. The molecule has 1 aliphatic heterocycles. The fraction of sp³-hybridized carbons (Fsp3) is 0.333. The highest BCUT2D eigenvalue weighted by Gasteiger charge is 2.38. The molecule has 0 aromatic heterocycles. The molecule has 8 heteroatoms. The number of hydrogen-bond donors (Lipinski definition) is 1. The normalized spacial score (nSPS) is 15.8. The van der Waals surface area contributed by atoms with Crippen molar-refractivity contribution in [1.29, 1.82) is 0 Å². The van der Waals surface area contributed by atoms with Crippen LogP contribution in [0.1, 0.15) is 29.6 Å². The number of primary amides is 1. The number of piperidine rings is 1. The Bertz CT molecular complexity index is 895. The summed E-state index contributed by atoms with van der Waals surface area (Å²) >= 11 is 0. The van der Waals surface area contributed by atoms with E-state index in [0.717, 1.165) is 12.1 Å². The number of amides is 2. The maximum Gasteiger partial charge on any atom is 0.256 e. The molecular weight excluding hydrogens is 385 g/mol. The van der Waals surface area contributed by atoms with E-state index in [1.165, 1.54) is 29.2 Å². The van der Waals surface area contributed by atoms with Gasteiger partial charge in [-0.2, -0.15) is 0 Å². The van der Waals surface area contributed by atoms with E-state index < -0.39 is 28.9 Å². The summed E-state index contributed by atoms with van der Waals surface area (Å²) in [4.78, 5) is 25.6. The summed E-state index contributed by atoms with van der Waals surface area (Å²) in [5.41, 5.74) is 4.62. The van der Waals surface area contributed by atoms with Gasteiger partial charge in [0.1, 0.15) is 23.2 Å². The van der Waals surface area contributed by atoms with Crippen LogP contribution in [0, 0.1) is 22.9 Å². The van der Waals surface area contributed by atoms with E-state index in [-0.39, 0.29) is 37.5 Å². The van der Waals surface area contributed by atoms with Crippen LogP contribution >= 0.6 is 0 Å². The molecule has 0 radical (unpaired) electrons. The van der Waals surface area contributed by atoms with Crippen molar-refractivity contribution in [3.05, 3.63) is 65.5 Å². The van der Waals surface area contributed by atoms with Crippen LogP contribution in [0.2, 0.25) is 0 Å². The number of halogens is 3. The van der Waals surface area contributed by atoms with Gasteiger partial charge in [0.15, 0.2) is 0 Å². The van der Waals surface area contributed by atoms with Gasteiger partial charge in [0, 0.05) is 31.0 Å². The lowest BCUT2D eigenvalue weighted by atomic mass is 9.76. The Morgan fingerprint density at radius 1 is 1.00 bits per heavy atom. The number of likely N-dealkylation sites (tertiary alicyclic amines) is 1. The molecule has 2 aromatic rings. The van der Waals surface area contributed by atoms with Gasteiger partial charge in [0.25, 0.3) is 5.91 Å². The summed E-state index contributed by atoms with van der Waals surface area (Å²) in [6.07, 6.45) is 0.915. The summed E-state index contributed by atoms with van der Waals surface area (Å²) in [5.74, 6) is -2.61. The molecule has 0 aliphatic carbocycles.